The Kier molecular flexibility index (Phi) is 4.34. The highest BCUT2D eigenvalue weighted by Gasteiger charge is 1.89. The summed E-state index contributed by atoms with van der Waals surface area (Å²) in [6, 6.07) is 9.93. The monoisotopic (exact) mass is 206 g/mol. The van der Waals surface area contributed by atoms with Gasteiger partial charge in [-0.05, 0) is 41.4 Å². The quantitative estimate of drug-likeness (QED) is 0.596. The Labute approximate surface area is 87.4 Å². The fraction of sp³-hybridized carbons (Fsp3) is 0.182. The lowest BCUT2D eigenvalue weighted by Gasteiger charge is -1.98. The molecule has 0 aliphatic heterocycles. The van der Waals surface area contributed by atoms with Gasteiger partial charge in [0.1, 0.15) is 0 Å². The third-order valence-electron chi connectivity index (χ3n) is 1.71. The van der Waals surface area contributed by atoms with E-state index in [1.54, 1.807) is 0 Å². The van der Waals surface area contributed by atoms with Gasteiger partial charge < -0.3 is 5.09 Å². The van der Waals surface area contributed by atoms with Gasteiger partial charge in [0.05, 0.1) is 5.69 Å². The molecule has 0 aliphatic carbocycles. The van der Waals surface area contributed by atoms with Crippen molar-refractivity contribution in [2.75, 3.05) is 0 Å². The predicted molar refractivity (Wildman–Crippen MR) is 65.8 cm³/mol. The van der Waals surface area contributed by atoms with E-state index in [4.69, 9.17) is 0 Å². The third-order valence-corrected chi connectivity index (χ3v) is 2.17. The van der Waals surface area contributed by atoms with Crippen LogP contribution in [0.15, 0.2) is 47.1 Å². The first kappa shape index (κ1) is 10.9. The van der Waals surface area contributed by atoms with Crippen molar-refractivity contribution < 1.29 is 0 Å². The topological polar surface area (TPSA) is 24.4 Å². The van der Waals surface area contributed by atoms with E-state index in [0.717, 1.165) is 17.1 Å². The Morgan fingerprint density at radius 1 is 1.29 bits per heavy atom. The van der Waals surface area contributed by atoms with Crippen LogP contribution in [-0.4, -0.2) is 5.71 Å². The number of hydrogen-bond donors (Lipinski definition) is 1. The zero-order valence-corrected chi connectivity index (χ0v) is 9.64. The third kappa shape index (κ3) is 3.71. The van der Waals surface area contributed by atoms with Crippen LogP contribution in [0.5, 0.6) is 0 Å². The van der Waals surface area contributed by atoms with Gasteiger partial charge in [0.2, 0.25) is 0 Å². The Bertz CT molecular complexity index is 342. The molecule has 0 fully saturated rings. The molecule has 14 heavy (non-hydrogen) atoms. The molecule has 1 rings (SSSR count). The number of rotatable bonds is 3. The predicted octanol–water partition coefficient (Wildman–Crippen LogP) is 3.06. The largest absolute Gasteiger partial charge is 0.373 e. The van der Waals surface area contributed by atoms with Crippen LogP contribution in [-0.2, 0) is 0 Å². The summed E-state index contributed by atoms with van der Waals surface area (Å²) in [7, 11) is 2.46. The lowest BCUT2D eigenvalue weighted by atomic mass is 10.3. The maximum Gasteiger partial charge on any atom is 0.0632 e. The number of nitrogens with one attached hydrogen (secondary N) is 1. The molecule has 0 aliphatic rings. The first-order chi connectivity index (χ1) is 6.72. The molecule has 1 aromatic rings. The maximum absolute atomic E-state index is 4.44. The van der Waals surface area contributed by atoms with Gasteiger partial charge in [0, 0.05) is 11.4 Å². The molecule has 1 atom stereocenters. The summed E-state index contributed by atoms with van der Waals surface area (Å²) in [6.45, 7) is 3.98. The van der Waals surface area contributed by atoms with E-state index in [9.17, 15) is 0 Å². The van der Waals surface area contributed by atoms with E-state index >= 15 is 0 Å². The van der Waals surface area contributed by atoms with Crippen molar-refractivity contribution in [1.82, 2.24) is 5.09 Å². The highest BCUT2D eigenvalue weighted by Crippen LogP contribution is 2.10. The Morgan fingerprint density at radius 2 is 1.93 bits per heavy atom. The molecular formula is C11H15N2P. The first-order valence-electron chi connectivity index (χ1n) is 4.47. The summed E-state index contributed by atoms with van der Waals surface area (Å²) >= 11 is 0. The molecule has 0 amide bonds. The normalized spacial score (nSPS) is 12.8. The highest BCUT2D eigenvalue weighted by molar-refractivity contribution is 7.14. The van der Waals surface area contributed by atoms with Gasteiger partial charge in [0.15, 0.2) is 0 Å². The average molecular weight is 206 g/mol. The van der Waals surface area contributed by atoms with E-state index in [1.807, 2.05) is 50.3 Å². The minimum atomic E-state index is 0.984. The molecule has 2 nitrogen and oxygen atoms in total. The molecule has 0 saturated heterocycles. The van der Waals surface area contributed by atoms with Crippen molar-refractivity contribution in [2.24, 2.45) is 4.99 Å². The molecule has 0 radical (unpaired) electrons. The van der Waals surface area contributed by atoms with Crippen LogP contribution in [0.1, 0.15) is 13.8 Å². The zero-order chi connectivity index (χ0) is 10.4. The second kappa shape index (κ2) is 5.56. The van der Waals surface area contributed by atoms with Crippen LogP contribution in [0.2, 0.25) is 0 Å². The van der Waals surface area contributed by atoms with Crippen LogP contribution < -0.4 is 5.09 Å². The summed E-state index contributed by atoms with van der Waals surface area (Å²) in [5.74, 6) is 0. The number of para-hydroxylation sites is 1. The minimum Gasteiger partial charge on any atom is -0.373 e. The fourth-order valence-electron chi connectivity index (χ4n) is 1.09. The fourth-order valence-corrected chi connectivity index (χ4v) is 1.18. The molecule has 74 valence electrons. The van der Waals surface area contributed by atoms with Gasteiger partial charge in [-0.3, -0.25) is 4.99 Å². The molecule has 1 N–H and O–H groups in total. The van der Waals surface area contributed by atoms with Crippen molar-refractivity contribution in [2.45, 2.75) is 13.8 Å². The molecule has 0 saturated carbocycles. The van der Waals surface area contributed by atoms with E-state index in [2.05, 4.69) is 19.5 Å². The number of benzene rings is 1. The van der Waals surface area contributed by atoms with Crippen LogP contribution in [0, 0.1) is 0 Å². The summed E-state index contributed by atoms with van der Waals surface area (Å²) < 4.78 is 0. The maximum atomic E-state index is 4.44. The second-order valence-electron chi connectivity index (χ2n) is 3.06. The molecule has 3 heteroatoms. The van der Waals surface area contributed by atoms with E-state index in [0.29, 0.717) is 0 Å². The van der Waals surface area contributed by atoms with Gasteiger partial charge in [0.25, 0.3) is 0 Å². The molecule has 0 bridgehead atoms. The standard InChI is InChI=1S/C11H15N2P/c1-9(8-10(2)13-14)12-11-6-4-3-5-7-11/h3-8,13H,14H2,1-2H3. The smallest absolute Gasteiger partial charge is 0.0632 e. The van der Waals surface area contributed by atoms with Crippen molar-refractivity contribution in [1.29, 1.82) is 0 Å². The number of nitrogens with zero attached hydrogens (tertiary/aromatic N) is 1. The SMILES string of the molecule is CC(=CC(C)=Nc1ccccc1)NP. The zero-order valence-electron chi connectivity index (χ0n) is 8.49. The molecule has 0 heterocycles. The van der Waals surface area contributed by atoms with E-state index in [-0.39, 0.29) is 0 Å². The highest BCUT2D eigenvalue weighted by atomic mass is 31.0. The Morgan fingerprint density at radius 3 is 2.50 bits per heavy atom. The number of allylic oxidation sites excluding steroid dienone is 2. The summed E-state index contributed by atoms with van der Waals surface area (Å²) in [5.41, 5.74) is 3.05. The molecular weight excluding hydrogens is 191 g/mol. The average Bonchev–Trinajstić information content (AvgIpc) is 2.19. The van der Waals surface area contributed by atoms with Crippen molar-refractivity contribution in [3.8, 4) is 0 Å². The van der Waals surface area contributed by atoms with Crippen molar-refractivity contribution >= 4 is 20.8 Å². The lowest BCUT2D eigenvalue weighted by Crippen LogP contribution is -1.96. The van der Waals surface area contributed by atoms with Crippen LogP contribution in [0.3, 0.4) is 0 Å². The number of hydrogen-bond acceptors (Lipinski definition) is 2. The summed E-state index contributed by atoms with van der Waals surface area (Å²) in [5, 5.41) is 2.98. The van der Waals surface area contributed by atoms with Gasteiger partial charge in [-0.25, -0.2) is 0 Å². The van der Waals surface area contributed by atoms with Gasteiger partial charge >= 0.3 is 0 Å². The van der Waals surface area contributed by atoms with Crippen molar-refractivity contribution in [3.05, 3.63) is 42.1 Å². The Balaban J connectivity index is 2.79. The summed E-state index contributed by atoms with van der Waals surface area (Å²) in [4.78, 5) is 4.44. The summed E-state index contributed by atoms with van der Waals surface area (Å²) in [6.07, 6.45) is 2.00. The minimum absolute atomic E-state index is 0.984. The second-order valence-corrected chi connectivity index (χ2v) is 3.35. The van der Waals surface area contributed by atoms with E-state index < -0.39 is 0 Å². The molecule has 1 aromatic carbocycles. The first-order valence-corrected chi connectivity index (χ1v) is 5.05. The Hall–Kier alpha value is -1.14. The lowest BCUT2D eigenvalue weighted by molar-refractivity contribution is 1.21. The van der Waals surface area contributed by atoms with E-state index in [1.165, 1.54) is 0 Å². The van der Waals surface area contributed by atoms with Gasteiger partial charge in [-0.15, -0.1) is 0 Å². The van der Waals surface area contributed by atoms with Gasteiger partial charge in [-0.2, -0.15) is 0 Å². The molecule has 1 unspecified atom stereocenters. The van der Waals surface area contributed by atoms with Crippen LogP contribution in [0.4, 0.5) is 5.69 Å². The van der Waals surface area contributed by atoms with Crippen LogP contribution in [0.25, 0.3) is 0 Å². The molecule has 0 spiro atoms. The van der Waals surface area contributed by atoms with Crippen LogP contribution >= 0.6 is 9.39 Å². The van der Waals surface area contributed by atoms with Gasteiger partial charge in [-0.1, -0.05) is 18.2 Å². The molecule has 0 aromatic heterocycles. The van der Waals surface area contributed by atoms with Crippen molar-refractivity contribution in [3.63, 3.8) is 0 Å². The number of aliphatic imine (C=N–C) groups is 1.